The average molecular weight is 206 g/mol. The van der Waals surface area contributed by atoms with Crippen LogP contribution in [0.15, 0.2) is 12.1 Å². The fraction of sp³-hybridized carbons (Fsp3) is 0.455. The van der Waals surface area contributed by atoms with Gasteiger partial charge in [-0.2, -0.15) is 0 Å². The predicted molar refractivity (Wildman–Crippen MR) is 52.9 cm³/mol. The summed E-state index contributed by atoms with van der Waals surface area (Å²) >= 11 is 0. The van der Waals surface area contributed by atoms with Crippen molar-refractivity contribution in [2.24, 2.45) is 11.8 Å². The highest BCUT2D eigenvalue weighted by Crippen LogP contribution is 2.47. The summed E-state index contributed by atoms with van der Waals surface area (Å²) in [5, 5.41) is 0. The Balaban J connectivity index is 1.99. The van der Waals surface area contributed by atoms with Gasteiger partial charge >= 0.3 is 0 Å². The monoisotopic (exact) mass is 206 g/mol. The summed E-state index contributed by atoms with van der Waals surface area (Å²) in [4.78, 5) is 17.3. The van der Waals surface area contributed by atoms with Crippen LogP contribution in [0.5, 0.6) is 0 Å². The zero-order chi connectivity index (χ0) is 10.6. The van der Waals surface area contributed by atoms with E-state index in [1.165, 1.54) is 11.0 Å². The number of hydrogen-bond acceptors (Lipinski definition) is 2. The first-order chi connectivity index (χ1) is 7.16. The Morgan fingerprint density at radius 2 is 2.33 bits per heavy atom. The third-order valence-corrected chi connectivity index (χ3v) is 3.15. The number of carbonyl (C=O) groups is 1. The van der Waals surface area contributed by atoms with Gasteiger partial charge in [0.05, 0.1) is 0 Å². The first-order valence-corrected chi connectivity index (χ1v) is 5.11. The Hall–Kier alpha value is -1.45. The Bertz CT molecular complexity index is 446. The standard InChI is InChI=1S/C11H11FN2O/c1-6-2-3-9(12)10(13-6)14-5-7-4-8(7)11(14)15/h2-3,7-8H,4-5H2,1H3/t7-,8-/m1/s1. The van der Waals surface area contributed by atoms with Crippen LogP contribution in [-0.4, -0.2) is 17.4 Å². The molecule has 1 amide bonds. The number of nitrogens with zero attached hydrogens (tertiary/aromatic N) is 2. The van der Waals surface area contributed by atoms with Crippen molar-refractivity contribution in [3.05, 3.63) is 23.6 Å². The molecule has 3 nitrogen and oxygen atoms in total. The maximum atomic E-state index is 13.5. The highest BCUT2D eigenvalue weighted by atomic mass is 19.1. The first-order valence-electron chi connectivity index (χ1n) is 5.11. The van der Waals surface area contributed by atoms with Crippen LogP contribution in [0.2, 0.25) is 0 Å². The molecular weight excluding hydrogens is 195 g/mol. The molecule has 1 aliphatic carbocycles. The van der Waals surface area contributed by atoms with E-state index in [2.05, 4.69) is 4.98 Å². The van der Waals surface area contributed by atoms with Crippen LogP contribution >= 0.6 is 0 Å². The third kappa shape index (κ3) is 1.24. The minimum absolute atomic E-state index is 0.0389. The molecule has 1 saturated carbocycles. The van der Waals surface area contributed by atoms with Crippen molar-refractivity contribution in [3.63, 3.8) is 0 Å². The topological polar surface area (TPSA) is 33.2 Å². The number of halogens is 1. The summed E-state index contributed by atoms with van der Waals surface area (Å²) in [5.41, 5.74) is 0.736. The summed E-state index contributed by atoms with van der Waals surface area (Å²) < 4.78 is 13.5. The summed E-state index contributed by atoms with van der Waals surface area (Å²) in [5.74, 6) is 0.422. The Labute approximate surface area is 86.9 Å². The molecule has 0 radical (unpaired) electrons. The summed E-state index contributed by atoms with van der Waals surface area (Å²) in [7, 11) is 0. The van der Waals surface area contributed by atoms with E-state index in [0.717, 1.165) is 12.1 Å². The zero-order valence-electron chi connectivity index (χ0n) is 8.40. The van der Waals surface area contributed by atoms with E-state index >= 15 is 0 Å². The van der Waals surface area contributed by atoms with Crippen LogP contribution in [0.1, 0.15) is 12.1 Å². The number of anilines is 1. The molecule has 1 aromatic rings. The Morgan fingerprint density at radius 3 is 3.00 bits per heavy atom. The van der Waals surface area contributed by atoms with Crippen LogP contribution in [0.3, 0.4) is 0 Å². The average Bonchev–Trinajstić information content (AvgIpc) is 2.91. The molecule has 1 aromatic heterocycles. The molecule has 0 spiro atoms. The molecule has 2 atom stereocenters. The van der Waals surface area contributed by atoms with Crippen LogP contribution in [0.25, 0.3) is 0 Å². The number of rotatable bonds is 1. The SMILES string of the molecule is Cc1ccc(F)c(N2C[C@H]3C[C@H]3C2=O)n1. The molecule has 0 N–H and O–H groups in total. The van der Waals surface area contributed by atoms with Crippen molar-refractivity contribution in [3.8, 4) is 0 Å². The summed E-state index contributed by atoms with van der Waals surface area (Å²) in [6, 6.07) is 2.98. The van der Waals surface area contributed by atoms with Gasteiger partial charge in [0.1, 0.15) is 0 Å². The minimum Gasteiger partial charge on any atom is -0.294 e. The number of fused-ring (bicyclic) bond motifs is 1. The van der Waals surface area contributed by atoms with Crippen molar-refractivity contribution in [2.75, 3.05) is 11.4 Å². The van der Waals surface area contributed by atoms with Crippen LogP contribution in [0, 0.1) is 24.6 Å². The number of aromatic nitrogens is 1. The van der Waals surface area contributed by atoms with E-state index in [1.54, 1.807) is 13.0 Å². The lowest BCUT2D eigenvalue weighted by molar-refractivity contribution is -0.118. The second kappa shape index (κ2) is 2.78. The van der Waals surface area contributed by atoms with Gasteiger partial charge in [-0.25, -0.2) is 9.37 Å². The van der Waals surface area contributed by atoms with Gasteiger partial charge in [0.25, 0.3) is 0 Å². The predicted octanol–water partition coefficient (Wildman–Crippen LogP) is 1.51. The number of aryl methyl sites for hydroxylation is 1. The second-order valence-corrected chi connectivity index (χ2v) is 4.31. The van der Waals surface area contributed by atoms with Gasteiger partial charge in [0.15, 0.2) is 11.6 Å². The van der Waals surface area contributed by atoms with E-state index in [0.29, 0.717) is 12.5 Å². The quantitative estimate of drug-likeness (QED) is 0.697. The lowest BCUT2D eigenvalue weighted by Crippen LogP contribution is -2.29. The highest BCUT2D eigenvalue weighted by molar-refractivity contribution is 5.99. The van der Waals surface area contributed by atoms with E-state index in [4.69, 9.17) is 0 Å². The molecule has 2 aliphatic rings. The van der Waals surface area contributed by atoms with Gasteiger partial charge in [-0.3, -0.25) is 9.69 Å². The molecule has 0 aromatic carbocycles. The number of amides is 1. The zero-order valence-corrected chi connectivity index (χ0v) is 8.40. The first kappa shape index (κ1) is 8.83. The summed E-state index contributed by atoms with van der Waals surface area (Å²) in [6.07, 6.45) is 0.975. The van der Waals surface area contributed by atoms with Crippen molar-refractivity contribution < 1.29 is 9.18 Å². The van der Waals surface area contributed by atoms with E-state index in [1.807, 2.05) is 0 Å². The molecule has 0 bridgehead atoms. The molecule has 2 fully saturated rings. The maximum Gasteiger partial charge on any atom is 0.231 e. The smallest absolute Gasteiger partial charge is 0.231 e. The highest BCUT2D eigenvalue weighted by Gasteiger charge is 2.53. The molecule has 15 heavy (non-hydrogen) atoms. The fourth-order valence-corrected chi connectivity index (χ4v) is 2.18. The maximum absolute atomic E-state index is 13.5. The molecule has 1 aliphatic heterocycles. The number of hydrogen-bond donors (Lipinski definition) is 0. The van der Waals surface area contributed by atoms with E-state index < -0.39 is 5.82 Å². The van der Waals surface area contributed by atoms with Gasteiger partial charge in [0.2, 0.25) is 5.91 Å². The number of carbonyl (C=O) groups excluding carboxylic acids is 1. The molecule has 78 valence electrons. The van der Waals surface area contributed by atoms with Gasteiger partial charge < -0.3 is 0 Å². The molecule has 2 heterocycles. The van der Waals surface area contributed by atoms with Gasteiger partial charge in [-0.1, -0.05) is 0 Å². The minimum atomic E-state index is -0.407. The second-order valence-electron chi connectivity index (χ2n) is 4.31. The lowest BCUT2D eigenvalue weighted by Gasteiger charge is -2.17. The molecule has 4 heteroatoms. The molecule has 0 unspecified atom stereocenters. The van der Waals surface area contributed by atoms with Gasteiger partial charge in [-0.05, 0) is 31.4 Å². The van der Waals surface area contributed by atoms with Gasteiger partial charge in [0, 0.05) is 18.2 Å². The molecular formula is C11H11FN2O. The van der Waals surface area contributed by atoms with Crippen molar-refractivity contribution in [1.29, 1.82) is 0 Å². The van der Waals surface area contributed by atoms with Crippen molar-refractivity contribution in [2.45, 2.75) is 13.3 Å². The van der Waals surface area contributed by atoms with Crippen LogP contribution in [-0.2, 0) is 4.79 Å². The number of pyridine rings is 1. The van der Waals surface area contributed by atoms with Crippen molar-refractivity contribution in [1.82, 2.24) is 4.98 Å². The van der Waals surface area contributed by atoms with Crippen LogP contribution in [0.4, 0.5) is 10.2 Å². The van der Waals surface area contributed by atoms with E-state index in [9.17, 15) is 9.18 Å². The Morgan fingerprint density at radius 1 is 1.53 bits per heavy atom. The van der Waals surface area contributed by atoms with Crippen molar-refractivity contribution >= 4 is 11.7 Å². The normalized spacial score (nSPS) is 28.1. The lowest BCUT2D eigenvalue weighted by atomic mass is 10.3. The number of piperidine rings is 1. The fourth-order valence-electron chi connectivity index (χ4n) is 2.18. The van der Waals surface area contributed by atoms with E-state index in [-0.39, 0.29) is 17.6 Å². The third-order valence-electron chi connectivity index (χ3n) is 3.15. The molecule has 1 saturated heterocycles. The molecule has 3 rings (SSSR count). The Kier molecular flexibility index (Phi) is 1.63. The van der Waals surface area contributed by atoms with Gasteiger partial charge in [-0.15, -0.1) is 0 Å². The van der Waals surface area contributed by atoms with Crippen LogP contribution < -0.4 is 4.90 Å². The largest absolute Gasteiger partial charge is 0.294 e. The summed E-state index contributed by atoms with van der Waals surface area (Å²) in [6.45, 7) is 2.43.